The number of aromatic nitrogens is 1. The van der Waals surface area contributed by atoms with E-state index in [0.717, 1.165) is 6.42 Å². The zero-order chi connectivity index (χ0) is 12.8. The van der Waals surface area contributed by atoms with Gasteiger partial charge in [-0.3, -0.25) is 9.59 Å². The van der Waals surface area contributed by atoms with Crippen molar-refractivity contribution in [1.82, 2.24) is 10.1 Å². The minimum atomic E-state index is -0.456. The third kappa shape index (κ3) is 3.58. The lowest BCUT2D eigenvalue weighted by Crippen LogP contribution is -2.36. The molecule has 6 heteroatoms. The molecule has 0 saturated heterocycles. The second-order valence-corrected chi connectivity index (χ2v) is 3.64. The first kappa shape index (κ1) is 13.2. The molecule has 0 aliphatic rings. The number of ether oxygens (including phenoxy) is 1. The third-order valence-corrected chi connectivity index (χ3v) is 2.17. The van der Waals surface area contributed by atoms with Crippen molar-refractivity contribution in [3.8, 4) is 0 Å². The predicted octanol–water partition coefficient (Wildman–Crippen LogP) is 1.01. The number of rotatable bonds is 5. The molecule has 0 N–H and O–H groups in total. The second-order valence-electron chi connectivity index (χ2n) is 3.64. The normalized spacial score (nSPS) is 10.1. The summed E-state index contributed by atoms with van der Waals surface area (Å²) in [6.07, 6.45) is 0.746. The Bertz CT molecular complexity index is 400. The molecule has 1 heterocycles. The molecule has 0 unspecified atom stereocenters. The van der Waals surface area contributed by atoms with Crippen LogP contribution in [0.5, 0.6) is 0 Å². The molecular weight excluding hydrogens is 224 g/mol. The minimum Gasteiger partial charge on any atom is -0.468 e. The van der Waals surface area contributed by atoms with E-state index in [1.807, 2.05) is 6.92 Å². The van der Waals surface area contributed by atoms with Gasteiger partial charge in [-0.1, -0.05) is 12.1 Å². The zero-order valence-corrected chi connectivity index (χ0v) is 10.2. The highest BCUT2D eigenvalue weighted by atomic mass is 16.5. The first-order valence-corrected chi connectivity index (χ1v) is 5.37. The largest absolute Gasteiger partial charge is 0.468 e. The molecular formula is C11H16N2O4. The fraction of sp³-hybridized carbons (Fsp3) is 0.545. The molecule has 1 aromatic rings. The van der Waals surface area contributed by atoms with E-state index in [2.05, 4.69) is 9.89 Å². The monoisotopic (exact) mass is 240 g/mol. The summed E-state index contributed by atoms with van der Waals surface area (Å²) >= 11 is 0. The summed E-state index contributed by atoms with van der Waals surface area (Å²) in [5.74, 6) is -0.666. The quantitative estimate of drug-likeness (QED) is 0.718. The van der Waals surface area contributed by atoms with Crippen LogP contribution in [0.2, 0.25) is 0 Å². The summed E-state index contributed by atoms with van der Waals surface area (Å²) in [7, 11) is 1.29. The van der Waals surface area contributed by atoms with Crippen LogP contribution in [0.25, 0.3) is 0 Å². The van der Waals surface area contributed by atoms with E-state index >= 15 is 0 Å². The maximum Gasteiger partial charge on any atom is 0.325 e. The molecule has 0 fully saturated rings. The van der Waals surface area contributed by atoms with Gasteiger partial charge in [0.2, 0.25) is 5.76 Å². The Morgan fingerprint density at radius 1 is 1.53 bits per heavy atom. The molecule has 17 heavy (non-hydrogen) atoms. The van der Waals surface area contributed by atoms with Crippen LogP contribution in [-0.2, 0) is 9.53 Å². The number of hydrogen-bond donors (Lipinski definition) is 0. The minimum absolute atomic E-state index is 0.0804. The van der Waals surface area contributed by atoms with Crippen LogP contribution in [-0.4, -0.2) is 42.1 Å². The molecule has 0 aliphatic heterocycles. The SMILES string of the molecule is CCCN(CC(=O)OC)C(=O)c1cc(C)no1. The number of amides is 1. The molecule has 6 nitrogen and oxygen atoms in total. The Morgan fingerprint density at radius 2 is 2.24 bits per heavy atom. The molecule has 0 aromatic carbocycles. The number of methoxy groups -OCH3 is 1. The van der Waals surface area contributed by atoms with Crippen molar-refractivity contribution < 1.29 is 18.8 Å². The lowest BCUT2D eigenvalue weighted by molar-refractivity contribution is -0.141. The van der Waals surface area contributed by atoms with Gasteiger partial charge in [0.15, 0.2) is 0 Å². The van der Waals surface area contributed by atoms with Crippen LogP contribution in [0.3, 0.4) is 0 Å². The van der Waals surface area contributed by atoms with E-state index in [-0.39, 0.29) is 18.2 Å². The molecule has 0 radical (unpaired) electrons. The van der Waals surface area contributed by atoms with Gasteiger partial charge in [0.1, 0.15) is 6.54 Å². The standard InChI is InChI=1S/C11H16N2O4/c1-4-5-13(7-10(14)16-3)11(15)9-6-8(2)12-17-9/h6H,4-5,7H2,1-3H3. The van der Waals surface area contributed by atoms with Gasteiger partial charge in [-0.2, -0.15) is 0 Å². The van der Waals surface area contributed by atoms with E-state index in [9.17, 15) is 9.59 Å². The number of esters is 1. The molecule has 0 atom stereocenters. The lowest BCUT2D eigenvalue weighted by Gasteiger charge is -2.18. The van der Waals surface area contributed by atoms with Crippen LogP contribution in [0.15, 0.2) is 10.6 Å². The molecule has 1 rings (SSSR count). The van der Waals surface area contributed by atoms with Crippen molar-refractivity contribution in [2.75, 3.05) is 20.2 Å². The number of aryl methyl sites for hydroxylation is 1. The van der Waals surface area contributed by atoms with Gasteiger partial charge in [-0.05, 0) is 13.3 Å². The van der Waals surface area contributed by atoms with Gasteiger partial charge < -0.3 is 14.2 Å². The zero-order valence-electron chi connectivity index (χ0n) is 10.2. The molecule has 0 saturated carbocycles. The number of carbonyl (C=O) groups excluding carboxylic acids is 2. The smallest absolute Gasteiger partial charge is 0.325 e. The summed E-state index contributed by atoms with van der Waals surface area (Å²) in [4.78, 5) is 24.5. The van der Waals surface area contributed by atoms with Crippen LogP contribution in [0, 0.1) is 6.92 Å². The van der Waals surface area contributed by atoms with Crippen LogP contribution in [0.1, 0.15) is 29.6 Å². The van der Waals surface area contributed by atoms with Crippen molar-refractivity contribution in [3.63, 3.8) is 0 Å². The number of nitrogens with zero attached hydrogens (tertiary/aromatic N) is 2. The van der Waals surface area contributed by atoms with E-state index in [1.54, 1.807) is 13.0 Å². The molecule has 0 aliphatic carbocycles. The third-order valence-electron chi connectivity index (χ3n) is 2.17. The number of hydrogen-bond acceptors (Lipinski definition) is 5. The Kier molecular flexibility index (Phi) is 4.68. The Labute approximate surface area is 99.5 Å². The van der Waals surface area contributed by atoms with Gasteiger partial charge in [-0.25, -0.2) is 0 Å². The first-order valence-electron chi connectivity index (χ1n) is 5.37. The van der Waals surface area contributed by atoms with Crippen molar-refractivity contribution in [1.29, 1.82) is 0 Å². The topological polar surface area (TPSA) is 72.6 Å². The fourth-order valence-electron chi connectivity index (χ4n) is 1.36. The summed E-state index contributed by atoms with van der Waals surface area (Å²) in [5, 5.41) is 3.64. The summed E-state index contributed by atoms with van der Waals surface area (Å²) in [6.45, 7) is 4.03. The van der Waals surface area contributed by atoms with Gasteiger partial charge in [-0.15, -0.1) is 0 Å². The van der Waals surface area contributed by atoms with Gasteiger partial charge in [0.25, 0.3) is 5.91 Å². The van der Waals surface area contributed by atoms with Crippen LogP contribution in [0.4, 0.5) is 0 Å². The molecule has 1 amide bonds. The molecule has 0 spiro atoms. The van der Waals surface area contributed by atoms with Crippen molar-refractivity contribution in [3.05, 3.63) is 17.5 Å². The molecule has 1 aromatic heterocycles. The fourth-order valence-corrected chi connectivity index (χ4v) is 1.36. The van der Waals surface area contributed by atoms with Crippen molar-refractivity contribution in [2.45, 2.75) is 20.3 Å². The first-order chi connectivity index (χ1) is 8.08. The van der Waals surface area contributed by atoms with Gasteiger partial charge in [0, 0.05) is 12.6 Å². The number of carbonyl (C=O) groups is 2. The second kappa shape index (κ2) is 6.03. The predicted molar refractivity (Wildman–Crippen MR) is 59.5 cm³/mol. The van der Waals surface area contributed by atoms with E-state index < -0.39 is 5.97 Å². The maximum absolute atomic E-state index is 12.0. The van der Waals surface area contributed by atoms with Crippen LogP contribution < -0.4 is 0 Å². The van der Waals surface area contributed by atoms with Crippen molar-refractivity contribution >= 4 is 11.9 Å². The molecule has 0 bridgehead atoms. The van der Waals surface area contributed by atoms with Crippen LogP contribution >= 0.6 is 0 Å². The Hall–Kier alpha value is -1.85. The summed E-state index contributed by atoms with van der Waals surface area (Å²) < 4.78 is 9.41. The highest BCUT2D eigenvalue weighted by Crippen LogP contribution is 2.07. The molecule has 94 valence electrons. The Balaban J connectivity index is 2.76. The van der Waals surface area contributed by atoms with Gasteiger partial charge in [0.05, 0.1) is 12.8 Å². The summed E-state index contributed by atoms with van der Waals surface area (Å²) in [6, 6.07) is 1.54. The Morgan fingerprint density at radius 3 is 2.71 bits per heavy atom. The highest BCUT2D eigenvalue weighted by molar-refractivity contribution is 5.93. The average molecular weight is 240 g/mol. The van der Waals surface area contributed by atoms with E-state index in [4.69, 9.17) is 4.52 Å². The van der Waals surface area contributed by atoms with Crippen molar-refractivity contribution in [2.24, 2.45) is 0 Å². The average Bonchev–Trinajstić information content (AvgIpc) is 2.74. The maximum atomic E-state index is 12.0. The van der Waals surface area contributed by atoms with E-state index in [0.29, 0.717) is 12.2 Å². The van der Waals surface area contributed by atoms with Gasteiger partial charge >= 0.3 is 5.97 Å². The lowest BCUT2D eigenvalue weighted by atomic mass is 10.3. The highest BCUT2D eigenvalue weighted by Gasteiger charge is 2.21. The van der Waals surface area contributed by atoms with E-state index in [1.165, 1.54) is 12.0 Å². The summed E-state index contributed by atoms with van der Waals surface area (Å²) in [5.41, 5.74) is 0.628.